The maximum atomic E-state index is 12.1. The molecule has 0 aliphatic carbocycles. The average Bonchev–Trinajstić information content (AvgIpc) is 2.34. The molecular formula is C12H12N2O4. The number of hydrogen-bond acceptors (Lipinski definition) is 4. The zero-order valence-electron chi connectivity index (χ0n) is 10.0. The normalized spacial score (nSPS) is 10.6. The quantitative estimate of drug-likeness (QED) is 0.846. The molecular weight excluding hydrogens is 236 g/mol. The number of benzene rings is 1. The SMILES string of the molecule is COc1ccc2[nH]c(=O)n(CC(C)=O)c(=O)c2c1. The van der Waals surface area contributed by atoms with Crippen LogP contribution in [0.1, 0.15) is 6.92 Å². The fraction of sp³-hybridized carbons (Fsp3) is 0.250. The van der Waals surface area contributed by atoms with Gasteiger partial charge in [-0.1, -0.05) is 0 Å². The highest BCUT2D eigenvalue weighted by Gasteiger charge is 2.09. The second-order valence-corrected chi connectivity index (χ2v) is 3.93. The number of fused-ring (bicyclic) bond motifs is 1. The van der Waals surface area contributed by atoms with Crippen molar-refractivity contribution in [2.45, 2.75) is 13.5 Å². The minimum absolute atomic E-state index is 0.235. The van der Waals surface area contributed by atoms with E-state index in [-0.39, 0.29) is 12.3 Å². The third-order valence-electron chi connectivity index (χ3n) is 2.57. The summed E-state index contributed by atoms with van der Waals surface area (Å²) in [5, 5.41) is 0.315. The maximum absolute atomic E-state index is 12.1. The van der Waals surface area contributed by atoms with Crippen molar-refractivity contribution in [2.24, 2.45) is 0 Å². The van der Waals surface area contributed by atoms with Gasteiger partial charge >= 0.3 is 5.69 Å². The molecule has 2 rings (SSSR count). The molecule has 18 heavy (non-hydrogen) atoms. The molecule has 6 heteroatoms. The minimum atomic E-state index is -0.590. The largest absolute Gasteiger partial charge is 0.497 e. The van der Waals surface area contributed by atoms with Gasteiger partial charge in [0.05, 0.1) is 24.6 Å². The van der Waals surface area contributed by atoms with Gasteiger partial charge in [0.2, 0.25) is 0 Å². The van der Waals surface area contributed by atoms with Crippen LogP contribution >= 0.6 is 0 Å². The molecule has 0 radical (unpaired) electrons. The van der Waals surface area contributed by atoms with Gasteiger partial charge in [0.15, 0.2) is 0 Å². The molecule has 0 saturated carbocycles. The minimum Gasteiger partial charge on any atom is -0.497 e. The molecule has 1 heterocycles. The number of nitrogens with one attached hydrogen (secondary N) is 1. The Bertz CT molecular complexity index is 727. The Hall–Kier alpha value is -2.37. The smallest absolute Gasteiger partial charge is 0.329 e. The molecule has 0 amide bonds. The van der Waals surface area contributed by atoms with Crippen LogP contribution < -0.4 is 16.0 Å². The van der Waals surface area contributed by atoms with Crippen LogP contribution in [0.15, 0.2) is 27.8 Å². The summed E-state index contributed by atoms with van der Waals surface area (Å²) in [4.78, 5) is 37.4. The first kappa shape index (κ1) is 12.1. The molecule has 0 aliphatic heterocycles. The molecule has 0 unspecified atom stereocenters. The molecule has 1 N–H and O–H groups in total. The second-order valence-electron chi connectivity index (χ2n) is 3.93. The van der Waals surface area contributed by atoms with Gasteiger partial charge in [-0.15, -0.1) is 0 Å². The van der Waals surface area contributed by atoms with Gasteiger partial charge in [-0.25, -0.2) is 4.79 Å². The van der Waals surface area contributed by atoms with E-state index in [1.54, 1.807) is 12.1 Å². The number of ketones is 1. The number of carbonyl (C=O) groups excluding carboxylic acids is 1. The number of Topliss-reactive ketones (excluding diaryl/α,β-unsaturated/α-hetero) is 1. The van der Waals surface area contributed by atoms with Crippen LogP contribution in [-0.2, 0) is 11.3 Å². The summed E-state index contributed by atoms with van der Waals surface area (Å²) in [5.74, 6) is 0.255. The predicted octanol–water partition coefficient (Wildman–Crippen LogP) is 0.287. The second kappa shape index (κ2) is 4.48. The van der Waals surface area contributed by atoms with Crippen LogP contribution in [0.3, 0.4) is 0 Å². The van der Waals surface area contributed by atoms with E-state index in [0.717, 1.165) is 4.57 Å². The monoisotopic (exact) mass is 248 g/mol. The van der Waals surface area contributed by atoms with Crippen LogP contribution in [0.4, 0.5) is 0 Å². The fourth-order valence-corrected chi connectivity index (χ4v) is 1.72. The number of H-pyrrole nitrogens is 1. The van der Waals surface area contributed by atoms with E-state index in [1.807, 2.05) is 0 Å². The third-order valence-corrected chi connectivity index (χ3v) is 2.57. The first-order valence-corrected chi connectivity index (χ1v) is 5.33. The molecule has 0 atom stereocenters. The van der Waals surface area contributed by atoms with Crippen LogP contribution in [0.5, 0.6) is 5.75 Å². The highest BCUT2D eigenvalue weighted by molar-refractivity contribution is 5.80. The van der Waals surface area contributed by atoms with Crippen LogP contribution in [0, 0.1) is 0 Å². The standard InChI is InChI=1S/C12H12N2O4/c1-7(15)6-14-11(16)9-5-8(18-2)3-4-10(9)13-12(14)17/h3-5H,6H2,1-2H3,(H,13,17). The van der Waals surface area contributed by atoms with E-state index in [9.17, 15) is 14.4 Å². The molecule has 0 aliphatic rings. The topological polar surface area (TPSA) is 81.2 Å². The first-order chi connectivity index (χ1) is 8.52. The number of hydrogen-bond donors (Lipinski definition) is 1. The van der Waals surface area contributed by atoms with E-state index >= 15 is 0 Å². The van der Waals surface area contributed by atoms with Crippen molar-refractivity contribution in [3.8, 4) is 5.75 Å². The van der Waals surface area contributed by atoms with Crippen molar-refractivity contribution in [2.75, 3.05) is 7.11 Å². The first-order valence-electron chi connectivity index (χ1n) is 5.33. The predicted molar refractivity (Wildman–Crippen MR) is 66.1 cm³/mol. The third kappa shape index (κ3) is 2.04. The highest BCUT2D eigenvalue weighted by Crippen LogP contribution is 2.14. The van der Waals surface area contributed by atoms with Crippen molar-refractivity contribution in [3.63, 3.8) is 0 Å². The number of rotatable bonds is 3. The van der Waals surface area contributed by atoms with Gasteiger partial charge in [0, 0.05) is 0 Å². The van der Waals surface area contributed by atoms with E-state index in [4.69, 9.17) is 4.74 Å². The Labute approximate surface area is 102 Å². The van der Waals surface area contributed by atoms with Gasteiger partial charge in [0.1, 0.15) is 11.5 Å². The van der Waals surface area contributed by atoms with Gasteiger partial charge < -0.3 is 9.72 Å². The van der Waals surface area contributed by atoms with E-state index in [1.165, 1.54) is 20.1 Å². The number of methoxy groups -OCH3 is 1. The molecule has 1 aromatic heterocycles. The molecule has 0 fully saturated rings. The Balaban J connectivity index is 2.78. The molecule has 6 nitrogen and oxygen atoms in total. The average molecular weight is 248 g/mol. The summed E-state index contributed by atoms with van der Waals surface area (Å²) in [6.45, 7) is 1.09. The lowest BCUT2D eigenvalue weighted by Gasteiger charge is -2.05. The number of aromatic amines is 1. The Morgan fingerprint density at radius 3 is 2.72 bits per heavy atom. The van der Waals surface area contributed by atoms with Gasteiger partial charge in [0.25, 0.3) is 5.56 Å². The zero-order chi connectivity index (χ0) is 13.3. The molecule has 2 aromatic rings. The summed E-state index contributed by atoms with van der Waals surface area (Å²) in [6.07, 6.45) is 0. The van der Waals surface area contributed by atoms with Gasteiger partial charge in [-0.2, -0.15) is 0 Å². The highest BCUT2D eigenvalue weighted by atomic mass is 16.5. The number of carbonyl (C=O) groups is 1. The molecule has 0 saturated heterocycles. The fourth-order valence-electron chi connectivity index (χ4n) is 1.72. The number of nitrogens with zero attached hydrogens (tertiary/aromatic N) is 1. The van der Waals surface area contributed by atoms with Crippen LogP contribution in [-0.4, -0.2) is 22.4 Å². The molecule has 1 aromatic carbocycles. The van der Waals surface area contributed by atoms with Crippen molar-refractivity contribution in [1.29, 1.82) is 0 Å². The van der Waals surface area contributed by atoms with Gasteiger partial charge in [-0.3, -0.25) is 14.2 Å². The Morgan fingerprint density at radius 2 is 2.11 bits per heavy atom. The lowest BCUT2D eigenvalue weighted by atomic mass is 10.2. The van der Waals surface area contributed by atoms with E-state index in [2.05, 4.69) is 4.98 Å². The number of ether oxygens (including phenoxy) is 1. The van der Waals surface area contributed by atoms with Crippen LogP contribution in [0.25, 0.3) is 10.9 Å². The number of aromatic nitrogens is 2. The summed E-state index contributed by atoms with van der Waals surface area (Å²) in [7, 11) is 1.49. The van der Waals surface area contributed by atoms with E-state index < -0.39 is 11.2 Å². The Morgan fingerprint density at radius 1 is 1.39 bits per heavy atom. The Kier molecular flexibility index (Phi) is 3.01. The summed E-state index contributed by atoms with van der Waals surface area (Å²) in [5.41, 5.74) is -0.665. The maximum Gasteiger partial charge on any atom is 0.329 e. The molecule has 94 valence electrons. The van der Waals surface area contributed by atoms with Crippen LogP contribution in [0.2, 0.25) is 0 Å². The molecule has 0 spiro atoms. The van der Waals surface area contributed by atoms with Crippen molar-refractivity contribution in [3.05, 3.63) is 39.0 Å². The summed E-state index contributed by atoms with van der Waals surface area (Å²) in [6, 6.07) is 4.77. The zero-order valence-corrected chi connectivity index (χ0v) is 10.0. The van der Waals surface area contributed by atoms with Crippen molar-refractivity contribution < 1.29 is 9.53 Å². The summed E-state index contributed by atoms with van der Waals surface area (Å²) >= 11 is 0. The van der Waals surface area contributed by atoms with Gasteiger partial charge in [-0.05, 0) is 25.1 Å². The lowest BCUT2D eigenvalue weighted by Crippen LogP contribution is -2.36. The lowest BCUT2D eigenvalue weighted by molar-refractivity contribution is -0.117. The van der Waals surface area contributed by atoms with Crippen molar-refractivity contribution >= 4 is 16.7 Å². The summed E-state index contributed by atoms with van der Waals surface area (Å²) < 4.78 is 5.90. The van der Waals surface area contributed by atoms with Crippen molar-refractivity contribution in [1.82, 2.24) is 9.55 Å². The molecule has 0 bridgehead atoms. The van der Waals surface area contributed by atoms with E-state index in [0.29, 0.717) is 16.7 Å².